The van der Waals surface area contributed by atoms with Crippen LogP contribution in [0.4, 0.5) is 19.1 Å². The molecular weight excluding hydrogens is 299 g/mol. The number of nitrogens with one attached hydrogen (secondary N) is 1. The highest BCUT2D eigenvalue weighted by Crippen LogP contribution is 2.32. The maximum atomic E-state index is 12.6. The van der Waals surface area contributed by atoms with Crippen molar-refractivity contribution in [2.24, 2.45) is 5.73 Å². The summed E-state index contributed by atoms with van der Waals surface area (Å²) < 4.78 is 38.8. The third kappa shape index (κ3) is 2.77. The molecule has 0 saturated carbocycles. The molecule has 1 atom stereocenters. The quantitative estimate of drug-likeness (QED) is 0.903. The Kier molecular flexibility index (Phi) is 3.46. The van der Waals surface area contributed by atoms with Gasteiger partial charge >= 0.3 is 6.18 Å². The summed E-state index contributed by atoms with van der Waals surface area (Å²) >= 11 is 5.74. The molecule has 20 heavy (non-hydrogen) atoms. The summed E-state index contributed by atoms with van der Waals surface area (Å²) in [6, 6.07) is -0.0133. The van der Waals surface area contributed by atoms with Crippen LogP contribution in [-0.4, -0.2) is 26.5 Å². The van der Waals surface area contributed by atoms with Crippen molar-refractivity contribution in [1.29, 1.82) is 0 Å². The number of pyridine rings is 1. The van der Waals surface area contributed by atoms with Gasteiger partial charge in [-0.2, -0.15) is 18.2 Å². The Morgan fingerprint density at radius 1 is 1.55 bits per heavy atom. The van der Waals surface area contributed by atoms with Gasteiger partial charge in [0.1, 0.15) is 6.04 Å². The van der Waals surface area contributed by atoms with Gasteiger partial charge in [-0.05, 0) is 13.0 Å². The number of anilines is 1. The van der Waals surface area contributed by atoms with Crippen LogP contribution in [0.3, 0.4) is 0 Å². The normalized spacial score (nSPS) is 13.4. The summed E-state index contributed by atoms with van der Waals surface area (Å²) in [6.45, 7) is 1.47. The summed E-state index contributed by atoms with van der Waals surface area (Å²) in [5, 5.41) is 6.13. The number of nitrogens with two attached hydrogens (primary N) is 1. The van der Waals surface area contributed by atoms with Crippen LogP contribution < -0.4 is 11.1 Å². The summed E-state index contributed by atoms with van der Waals surface area (Å²) in [5.74, 6) is -0.691. The second kappa shape index (κ2) is 4.82. The first-order chi connectivity index (χ1) is 9.18. The van der Waals surface area contributed by atoms with Gasteiger partial charge < -0.3 is 11.1 Å². The van der Waals surface area contributed by atoms with Crippen molar-refractivity contribution in [3.8, 4) is 0 Å². The summed E-state index contributed by atoms with van der Waals surface area (Å²) in [4.78, 5) is 14.8. The maximum absolute atomic E-state index is 12.6. The molecule has 1 unspecified atom stereocenters. The molecule has 0 spiro atoms. The van der Waals surface area contributed by atoms with Gasteiger partial charge in [0, 0.05) is 6.20 Å². The molecule has 0 aliphatic carbocycles. The lowest BCUT2D eigenvalue weighted by Gasteiger charge is -2.06. The summed E-state index contributed by atoms with van der Waals surface area (Å²) in [6.07, 6.45) is -3.79. The van der Waals surface area contributed by atoms with Crippen molar-refractivity contribution in [3.63, 3.8) is 0 Å². The molecule has 0 radical (unpaired) electrons. The van der Waals surface area contributed by atoms with Gasteiger partial charge in [-0.1, -0.05) is 11.6 Å². The van der Waals surface area contributed by atoms with E-state index in [1.807, 2.05) is 0 Å². The van der Waals surface area contributed by atoms with Crippen molar-refractivity contribution in [1.82, 2.24) is 14.6 Å². The molecule has 0 aliphatic heterocycles. The van der Waals surface area contributed by atoms with E-state index in [4.69, 9.17) is 17.3 Å². The van der Waals surface area contributed by atoms with Gasteiger partial charge in [0.05, 0.1) is 10.6 Å². The SMILES string of the molecule is CC(Nc1nc2c(Cl)cc(C(F)(F)F)cn2n1)C(N)=O. The average Bonchev–Trinajstić information content (AvgIpc) is 2.70. The Bertz CT molecular complexity index is 669. The Labute approximate surface area is 115 Å². The highest BCUT2D eigenvalue weighted by Gasteiger charge is 2.32. The zero-order valence-electron chi connectivity index (χ0n) is 10.1. The zero-order valence-corrected chi connectivity index (χ0v) is 10.8. The van der Waals surface area contributed by atoms with Crippen LogP contribution in [-0.2, 0) is 11.0 Å². The predicted octanol–water partition coefficient (Wildman–Crippen LogP) is 1.69. The number of carbonyl (C=O) groups is 1. The van der Waals surface area contributed by atoms with E-state index in [0.717, 1.165) is 16.8 Å². The van der Waals surface area contributed by atoms with Crippen LogP contribution in [0, 0.1) is 0 Å². The first-order valence-electron chi connectivity index (χ1n) is 5.37. The molecular formula is C10H9ClF3N5O. The van der Waals surface area contributed by atoms with Gasteiger partial charge in [-0.15, -0.1) is 5.10 Å². The number of hydrogen-bond acceptors (Lipinski definition) is 4. The molecule has 3 N–H and O–H groups in total. The maximum Gasteiger partial charge on any atom is 0.417 e. The molecule has 0 aromatic carbocycles. The second-order valence-electron chi connectivity index (χ2n) is 4.05. The molecule has 0 saturated heterocycles. The highest BCUT2D eigenvalue weighted by molar-refractivity contribution is 6.33. The number of hydrogen-bond donors (Lipinski definition) is 2. The number of amides is 1. The van der Waals surface area contributed by atoms with E-state index in [1.165, 1.54) is 6.92 Å². The number of alkyl halides is 3. The lowest BCUT2D eigenvalue weighted by atomic mass is 10.3. The molecule has 1 amide bonds. The Balaban J connectivity index is 2.44. The number of primary amides is 1. The van der Waals surface area contributed by atoms with Crippen LogP contribution in [0.2, 0.25) is 5.02 Å². The van der Waals surface area contributed by atoms with Crippen molar-refractivity contribution in [3.05, 3.63) is 22.8 Å². The second-order valence-corrected chi connectivity index (χ2v) is 4.45. The van der Waals surface area contributed by atoms with E-state index in [9.17, 15) is 18.0 Å². The monoisotopic (exact) mass is 307 g/mol. The van der Waals surface area contributed by atoms with Gasteiger partial charge in [0.15, 0.2) is 5.65 Å². The molecule has 0 aliphatic rings. The zero-order chi connectivity index (χ0) is 15.1. The van der Waals surface area contributed by atoms with E-state index in [0.29, 0.717) is 0 Å². The predicted molar refractivity (Wildman–Crippen MR) is 65.3 cm³/mol. The highest BCUT2D eigenvalue weighted by atomic mass is 35.5. The van der Waals surface area contributed by atoms with Crippen molar-refractivity contribution in [2.45, 2.75) is 19.1 Å². The molecule has 0 bridgehead atoms. The van der Waals surface area contributed by atoms with E-state index < -0.39 is 23.7 Å². The van der Waals surface area contributed by atoms with Crippen molar-refractivity contribution < 1.29 is 18.0 Å². The number of aromatic nitrogens is 3. The van der Waals surface area contributed by atoms with Crippen LogP contribution >= 0.6 is 11.6 Å². The van der Waals surface area contributed by atoms with E-state index >= 15 is 0 Å². The Morgan fingerprint density at radius 3 is 2.75 bits per heavy atom. The molecule has 10 heteroatoms. The molecule has 2 aromatic rings. The minimum Gasteiger partial charge on any atom is -0.368 e. The van der Waals surface area contributed by atoms with Crippen LogP contribution in [0.15, 0.2) is 12.3 Å². The summed E-state index contributed by atoms with van der Waals surface area (Å²) in [5.41, 5.74) is 4.14. The minimum atomic E-state index is -4.54. The fraction of sp³-hybridized carbons (Fsp3) is 0.300. The Hall–Kier alpha value is -2.03. The first kappa shape index (κ1) is 14.4. The van der Waals surface area contributed by atoms with Crippen LogP contribution in [0.5, 0.6) is 0 Å². The fourth-order valence-corrected chi connectivity index (χ4v) is 1.67. The third-order valence-electron chi connectivity index (χ3n) is 2.49. The van der Waals surface area contributed by atoms with Crippen LogP contribution in [0.25, 0.3) is 5.65 Å². The molecule has 0 fully saturated rings. The van der Waals surface area contributed by atoms with Crippen molar-refractivity contribution >= 4 is 29.1 Å². The molecule has 2 heterocycles. The van der Waals surface area contributed by atoms with Gasteiger partial charge in [0.2, 0.25) is 11.9 Å². The minimum absolute atomic E-state index is 0.0406. The summed E-state index contributed by atoms with van der Waals surface area (Å²) in [7, 11) is 0. The van der Waals surface area contributed by atoms with E-state index in [-0.39, 0.29) is 16.6 Å². The largest absolute Gasteiger partial charge is 0.417 e. The first-order valence-corrected chi connectivity index (χ1v) is 5.75. The van der Waals surface area contributed by atoms with Crippen molar-refractivity contribution in [2.75, 3.05) is 5.32 Å². The molecule has 2 rings (SSSR count). The number of carbonyl (C=O) groups excluding carboxylic acids is 1. The molecule has 6 nitrogen and oxygen atoms in total. The van der Waals surface area contributed by atoms with Crippen LogP contribution in [0.1, 0.15) is 12.5 Å². The topological polar surface area (TPSA) is 85.3 Å². The number of rotatable bonds is 3. The average molecular weight is 308 g/mol. The number of nitrogens with zero attached hydrogens (tertiary/aromatic N) is 3. The Morgan fingerprint density at radius 2 is 2.20 bits per heavy atom. The molecule has 108 valence electrons. The third-order valence-corrected chi connectivity index (χ3v) is 2.77. The smallest absolute Gasteiger partial charge is 0.368 e. The number of fused-ring (bicyclic) bond motifs is 1. The van der Waals surface area contributed by atoms with Gasteiger partial charge in [-0.25, -0.2) is 4.52 Å². The standard InChI is InChI=1S/C10H9ClF3N5O/c1-4(7(15)20)16-9-17-8-6(11)2-5(10(12,13)14)3-19(8)18-9/h2-4H,1H3,(H2,15,20)(H,16,18). The van der Waals surface area contributed by atoms with Gasteiger partial charge in [0.25, 0.3) is 0 Å². The van der Waals surface area contributed by atoms with Gasteiger partial charge in [-0.3, -0.25) is 4.79 Å². The van der Waals surface area contributed by atoms with E-state index in [2.05, 4.69) is 15.4 Å². The van der Waals surface area contributed by atoms with E-state index in [1.54, 1.807) is 0 Å². The lowest BCUT2D eigenvalue weighted by molar-refractivity contribution is -0.137. The lowest BCUT2D eigenvalue weighted by Crippen LogP contribution is -2.32. The fourth-order valence-electron chi connectivity index (χ4n) is 1.43. The number of halogens is 4. The molecule has 2 aromatic heterocycles.